The fraction of sp³-hybridized carbons (Fsp3) is 0.667. The molecule has 0 saturated carbocycles. The van der Waals surface area contributed by atoms with Gasteiger partial charge in [0.2, 0.25) is 0 Å². The van der Waals surface area contributed by atoms with E-state index in [9.17, 15) is 0 Å². The Morgan fingerprint density at radius 3 is 1.22 bits per heavy atom. The van der Waals surface area contributed by atoms with Crippen molar-refractivity contribution in [2.75, 3.05) is 0 Å². The summed E-state index contributed by atoms with van der Waals surface area (Å²) in [6.45, 7) is 0.500. The molecule has 0 aromatic carbocycles. The third-order valence-corrected chi connectivity index (χ3v) is 0. The summed E-state index contributed by atoms with van der Waals surface area (Å²) in [4.78, 5) is 8.24. The summed E-state index contributed by atoms with van der Waals surface area (Å²) in [5.41, 5.74) is 0. The van der Waals surface area contributed by atoms with E-state index in [1.807, 2.05) is 0 Å². The predicted octanol–water partition coefficient (Wildman–Crippen LogP) is -0.173. The van der Waals surface area contributed by atoms with Gasteiger partial charge in [0.15, 0.2) is 0 Å². The van der Waals surface area contributed by atoms with Crippen LogP contribution in [0.1, 0.15) is 14.9 Å². The van der Waals surface area contributed by atoms with E-state index in [0.29, 0.717) is 6.47 Å². The summed E-state index contributed by atoms with van der Waals surface area (Å²) in [7, 11) is 0. The van der Waals surface area contributed by atoms with Crippen molar-refractivity contribution < 1.29 is 16.8 Å². The van der Waals surface area contributed by atoms with Gasteiger partial charge in [0.05, 0.1) is 0 Å². The molecule has 2 N–H and O–H groups in total. The molecule has 0 amide bonds. The van der Waals surface area contributed by atoms with Crippen LogP contribution in [0.25, 0.3) is 0 Å². The second-order valence-corrected chi connectivity index (χ2v) is 0.0913. The molecule has 6 heteroatoms. The van der Waals surface area contributed by atoms with Crippen LogP contribution in [0.2, 0.25) is 0 Å². The standard InChI is InChI=1S/CHO2.2CH4.2Ca.H2O.O/c2-1-3;;;;;;/h(H,2,3);2*1H4;;;1H2;/q-1;;;;+2;;/p-1. The van der Waals surface area contributed by atoms with Crippen LogP contribution in [-0.2, 0) is 6.23 Å². The van der Waals surface area contributed by atoms with Gasteiger partial charge in [-0.1, -0.05) is 21.3 Å². The van der Waals surface area contributed by atoms with Gasteiger partial charge in [-0.15, -0.1) is 0 Å². The van der Waals surface area contributed by atoms with Crippen LogP contribution in [0, 0.1) is 0 Å². The summed E-state index contributed by atoms with van der Waals surface area (Å²) in [6.07, 6.45) is 0. The number of hydrogen-bond donors (Lipinski definition) is 1. The van der Waals surface area contributed by atoms with Crippen LogP contribution in [0.3, 0.4) is 0 Å². The minimum absolute atomic E-state index is 0. The Morgan fingerprint density at radius 1 is 1.22 bits per heavy atom. The van der Waals surface area contributed by atoms with E-state index in [4.69, 9.17) is 11.3 Å². The zero-order valence-corrected chi connectivity index (χ0v) is 8.04. The molecule has 0 aliphatic rings. The molecule has 50 valence electrons. The van der Waals surface area contributed by atoms with Gasteiger partial charge in [0, 0.05) is 0 Å². The average molecular weight is 190 g/mol. The number of hydrogen-bond acceptors (Lipinski definition) is 3. The van der Waals surface area contributed by atoms with Crippen molar-refractivity contribution in [3.05, 3.63) is 0 Å². The molecule has 0 saturated heterocycles. The molecule has 0 heterocycles. The van der Waals surface area contributed by atoms with Crippen molar-refractivity contribution in [3.8, 4) is 0 Å². The number of rotatable bonds is 0. The molecule has 0 aromatic rings. The molecule has 0 radical (unpaired) electrons. The van der Waals surface area contributed by atoms with Crippen LogP contribution in [-0.4, -0.2) is 90.7 Å². The van der Waals surface area contributed by atoms with E-state index < -0.39 is 0 Å². The third kappa shape index (κ3) is 191. The first kappa shape index (κ1) is 45.3. The summed E-state index contributed by atoms with van der Waals surface area (Å²) in [5.74, 6) is 0. The molecule has 0 bridgehead atoms. The fourth-order valence-corrected chi connectivity index (χ4v) is 0. The first-order chi connectivity index (χ1) is 2.41. The van der Waals surface area contributed by atoms with Gasteiger partial charge in [-0.25, -0.2) is 0 Å². The maximum absolute atomic E-state index is 8.38. The topological polar surface area (TPSA) is 84.4 Å². The zero-order chi connectivity index (χ0) is 4.71. The van der Waals surface area contributed by atoms with Gasteiger partial charge in [-0.3, -0.25) is 0 Å². The quantitative estimate of drug-likeness (QED) is 0.424. The summed E-state index contributed by atoms with van der Waals surface area (Å²) in [5, 5.41) is 6.76. The second kappa shape index (κ2) is 98.7. The van der Waals surface area contributed by atoms with E-state index in [0.717, 1.165) is 0 Å². The Labute approximate surface area is 110 Å². The van der Waals surface area contributed by atoms with Crippen LogP contribution in [0.4, 0.5) is 0 Å². The maximum atomic E-state index is 8.38. The second-order valence-electron chi connectivity index (χ2n) is 0.0913. The van der Waals surface area contributed by atoms with Crippen molar-refractivity contribution in [3.63, 3.8) is 0 Å². The van der Waals surface area contributed by atoms with Crippen molar-refractivity contribution in [2.45, 2.75) is 14.9 Å². The van der Waals surface area contributed by atoms with Crippen LogP contribution in [0.15, 0.2) is 0 Å². The van der Waals surface area contributed by atoms with Crippen molar-refractivity contribution in [1.29, 1.82) is 0 Å². The van der Waals surface area contributed by atoms with Gasteiger partial charge in [0.25, 0.3) is 0 Å². The van der Waals surface area contributed by atoms with Gasteiger partial charge < -0.3 is 15.4 Å². The molecule has 0 aromatic heterocycles. The molecule has 0 spiro atoms. The molecular weight excluding hydrogens is 180 g/mol. The molecular formula is C3H10Ca2O4. The Bertz CT molecular complexity index is 27.8. The van der Waals surface area contributed by atoms with Crippen molar-refractivity contribution >= 4 is 80.1 Å². The average Bonchev–Trinajstić information content (AvgIpc) is 1.46. The van der Waals surface area contributed by atoms with Gasteiger partial charge in [-0.2, -0.15) is 0 Å². The van der Waals surface area contributed by atoms with E-state index in [2.05, 4.69) is 0 Å². The van der Waals surface area contributed by atoms with E-state index >= 15 is 0 Å². The summed E-state index contributed by atoms with van der Waals surface area (Å²) >= 11 is 0.125. The van der Waals surface area contributed by atoms with Crippen molar-refractivity contribution in [1.82, 2.24) is 0 Å². The molecule has 0 unspecified atom stereocenters. The molecule has 0 rings (SSSR count). The predicted molar refractivity (Wildman–Crippen MR) is 35.9 cm³/mol. The minimum atomic E-state index is 0. The molecule has 0 fully saturated rings. The fourth-order valence-electron chi connectivity index (χ4n) is 0. The molecule has 0 aliphatic carbocycles. The summed E-state index contributed by atoms with van der Waals surface area (Å²) < 4.78 is 8.38. The Hall–Kier alpha value is 1.75. The first-order valence-electron chi connectivity index (χ1n) is 0.716. The monoisotopic (exact) mass is 190 g/mol. The van der Waals surface area contributed by atoms with Crippen LogP contribution < -0.4 is 0 Å². The van der Waals surface area contributed by atoms with Crippen molar-refractivity contribution in [2.24, 2.45) is 0 Å². The third-order valence-electron chi connectivity index (χ3n) is 0. The van der Waals surface area contributed by atoms with E-state index in [1.165, 1.54) is 0 Å². The summed E-state index contributed by atoms with van der Waals surface area (Å²) in [6, 6.07) is 0. The van der Waals surface area contributed by atoms with Gasteiger partial charge >= 0.3 is 75.1 Å². The van der Waals surface area contributed by atoms with Crippen LogP contribution >= 0.6 is 0 Å². The molecule has 4 nitrogen and oxygen atoms in total. The molecule has 9 heavy (non-hydrogen) atoms. The normalized spacial score (nSPS) is 2.00. The zero-order valence-electron chi connectivity index (χ0n) is 3.63. The van der Waals surface area contributed by atoms with Crippen LogP contribution in [0.5, 0.6) is 0 Å². The van der Waals surface area contributed by atoms with E-state index in [-0.39, 0.29) is 94.0 Å². The molecule has 0 aliphatic heterocycles. The first-order valence-corrected chi connectivity index (χ1v) is 1.62. The van der Waals surface area contributed by atoms with E-state index in [1.54, 1.807) is 0 Å². The SMILES string of the molecule is C.C.O=[C-]O.[Ca+2].[OH-].[O]=[Ca]. The Balaban J connectivity index is -0.00000000357. The molecule has 0 atom stereocenters. The van der Waals surface area contributed by atoms with Gasteiger partial charge in [-0.05, 0) is 0 Å². The number of aliphatic hydroxyl groups excluding tert-OH is 1. The Morgan fingerprint density at radius 2 is 1.22 bits per heavy atom. The van der Waals surface area contributed by atoms with Gasteiger partial charge in [0.1, 0.15) is 0 Å². The Kier molecular flexibility index (Phi) is 497.